The fourth-order valence-corrected chi connectivity index (χ4v) is 2.93. The lowest BCUT2D eigenvalue weighted by molar-refractivity contribution is -0.147. The molecule has 0 aliphatic carbocycles. The van der Waals surface area contributed by atoms with Crippen LogP contribution in [0.5, 0.6) is 0 Å². The van der Waals surface area contributed by atoms with Gasteiger partial charge in [-0.1, -0.05) is 30.3 Å². The highest BCUT2D eigenvalue weighted by atomic mass is 35.5. The molecule has 2 saturated heterocycles. The highest BCUT2D eigenvalue weighted by molar-refractivity contribution is 5.85. The van der Waals surface area contributed by atoms with Gasteiger partial charge in [-0.15, -0.1) is 12.4 Å². The molecule has 1 unspecified atom stereocenters. The summed E-state index contributed by atoms with van der Waals surface area (Å²) in [6.07, 6.45) is -0.118. The van der Waals surface area contributed by atoms with E-state index < -0.39 is 0 Å². The Kier molecular flexibility index (Phi) is 6.20. The van der Waals surface area contributed by atoms with Crippen molar-refractivity contribution in [1.82, 2.24) is 10.2 Å². The number of halogens is 1. The van der Waals surface area contributed by atoms with E-state index in [9.17, 15) is 4.79 Å². The van der Waals surface area contributed by atoms with Gasteiger partial charge in [0.15, 0.2) is 0 Å². The molecular formula is C16H23ClN2O3. The number of morpholine rings is 2. The van der Waals surface area contributed by atoms with Crippen LogP contribution in [-0.2, 0) is 14.3 Å². The van der Waals surface area contributed by atoms with E-state index in [2.05, 4.69) is 5.32 Å². The van der Waals surface area contributed by atoms with Gasteiger partial charge in [0.1, 0.15) is 12.1 Å². The Morgan fingerprint density at radius 1 is 1.23 bits per heavy atom. The third kappa shape index (κ3) is 3.79. The number of rotatable bonds is 2. The van der Waals surface area contributed by atoms with Gasteiger partial charge >= 0.3 is 0 Å². The average Bonchev–Trinajstić information content (AvgIpc) is 2.56. The van der Waals surface area contributed by atoms with Crippen molar-refractivity contribution in [2.45, 2.75) is 25.2 Å². The molecule has 122 valence electrons. The highest BCUT2D eigenvalue weighted by Gasteiger charge is 2.34. The molecule has 22 heavy (non-hydrogen) atoms. The molecule has 1 aromatic rings. The number of nitrogens with one attached hydrogen (secondary N) is 1. The molecule has 0 aromatic heterocycles. The number of hydrogen-bond donors (Lipinski definition) is 1. The van der Waals surface area contributed by atoms with Gasteiger partial charge in [0.25, 0.3) is 0 Å². The maximum Gasteiger partial charge on any atom is 0.242 e. The summed E-state index contributed by atoms with van der Waals surface area (Å²) in [6, 6.07) is 9.83. The number of ether oxygens (including phenoxy) is 2. The monoisotopic (exact) mass is 326 g/mol. The summed E-state index contributed by atoms with van der Waals surface area (Å²) in [4.78, 5) is 14.6. The molecule has 1 N–H and O–H groups in total. The number of carbonyl (C=O) groups is 1. The molecular weight excluding hydrogens is 304 g/mol. The Bertz CT molecular complexity index is 486. The van der Waals surface area contributed by atoms with Crippen molar-refractivity contribution in [3.63, 3.8) is 0 Å². The van der Waals surface area contributed by atoms with Gasteiger partial charge in [0, 0.05) is 13.1 Å². The molecule has 1 aromatic carbocycles. The minimum Gasteiger partial charge on any atom is -0.375 e. The van der Waals surface area contributed by atoms with Crippen molar-refractivity contribution in [3.8, 4) is 0 Å². The number of carbonyl (C=O) groups excluding carboxylic acids is 1. The zero-order valence-electron chi connectivity index (χ0n) is 12.7. The zero-order chi connectivity index (χ0) is 14.7. The van der Waals surface area contributed by atoms with E-state index in [0.717, 1.165) is 12.1 Å². The molecule has 0 radical (unpaired) electrons. The lowest BCUT2D eigenvalue weighted by Gasteiger charge is -2.38. The molecule has 1 amide bonds. The largest absolute Gasteiger partial charge is 0.375 e. The Morgan fingerprint density at radius 2 is 2.00 bits per heavy atom. The first-order valence-corrected chi connectivity index (χ1v) is 7.56. The van der Waals surface area contributed by atoms with E-state index in [1.807, 2.05) is 42.2 Å². The zero-order valence-corrected chi connectivity index (χ0v) is 13.6. The van der Waals surface area contributed by atoms with Gasteiger partial charge in [-0.2, -0.15) is 0 Å². The van der Waals surface area contributed by atoms with Crippen molar-refractivity contribution in [1.29, 1.82) is 0 Å². The summed E-state index contributed by atoms with van der Waals surface area (Å²) < 4.78 is 11.4. The maximum absolute atomic E-state index is 12.7. The average molecular weight is 327 g/mol. The van der Waals surface area contributed by atoms with E-state index in [-0.39, 0.29) is 36.6 Å². The molecule has 0 spiro atoms. The van der Waals surface area contributed by atoms with Crippen molar-refractivity contribution in [2.75, 3.05) is 32.8 Å². The van der Waals surface area contributed by atoms with Gasteiger partial charge in [-0.25, -0.2) is 0 Å². The van der Waals surface area contributed by atoms with E-state index in [0.29, 0.717) is 26.3 Å². The van der Waals surface area contributed by atoms with Gasteiger partial charge in [0.2, 0.25) is 5.91 Å². The smallest absolute Gasteiger partial charge is 0.242 e. The van der Waals surface area contributed by atoms with Crippen LogP contribution in [0.4, 0.5) is 0 Å². The fraction of sp³-hybridized carbons (Fsp3) is 0.562. The Hall–Kier alpha value is -1.14. The van der Waals surface area contributed by atoms with Crippen LogP contribution in [0.1, 0.15) is 18.6 Å². The van der Waals surface area contributed by atoms with Crippen LogP contribution in [-0.4, -0.2) is 55.8 Å². The lowest BCUT2D eigenvalue weighted by Crippen LogP contribution is -2.58. The second-order valence-electron chi connectivity index (χ2n) is 5.56. The van der Waals surface area contributed by atoms with Gasteiger partial charge in [-0.05, 0) is 12.5 Å². The first-order valence-electron chi connectivity index (χ1n) is 7.56. The van der Waals surface area contributed by atoms with Crippen molar-refractivity contribution in [2.24, 2.45) is 0 Å². The first-order chi connectivity index (χ1) is 10.3. The van der Waals surface area contributed by atoms with Crippen LogP contribution in [0.2, 0.25) is 0 Å². The van der Waals surface area contributed by atoms with Gasteiger partial charge in [-0.3, -0.25) is 4.79 Å². The summed E-state index contributed by atoms with van der Waals surface area (Å²) in [5.74, 6) is 0.117. The minimum atomic E-state index is -0.242. The predicted octanol–water partition coefficient (Wildman–Crippen LogP) is 1.39. The number of nitrogens with zero attached hydrogens (tertiary/aromatic N) is 1. The Labute approximate surface area is 137 Å². The lowest BCUT2D eigenvalue weighted by atomic mass is 10.1. The third-order valence-electron chi connectivity index (χ3n) is 4.13. The maximum atomic E-state index is 12.7. The normalized spacial score (nSPS) is 28.8. The van der Waals surface area contributed by atoms with E-state index in [1.165, 1.54) is 0 Å². The van der Waals surface area contributed by atoms with E-state index in [1.54, 1.807) is 0 Å². The molecule has 2 heterocycles. The number of amides is 1. The topological polar surface area (TPSA) is 50.8 Å². The van der Waals surface area contributed by atoms with Crippen LogP contribution in [0.15, 0.2) is 30.3 Å². The van der Waals surface area contributed by atoms with Crippen molar-refractivity contribution in [3.05, 3.63) is 35.9 Å². The molecule has 2 aliphatic heterocycles. The summed E-state index contributed by atoms with van der Waals surface area (Å²) in [6.45, 7) is 5.17. The van der Waals surface area contributed by atoms with E-state index >= 15 is 0 Å². The van der Waals surface area contributed by atoms with Crippen LogP contribution in [0.3, 0.4) is 0 Å². The molecule has 2 aliphatic rings. The summed E-state index contributed by atoms with van der Waals surface area (Å²) in [5, 5.41) is 3.26. The Balaban J connectivity index is 0.00000176. The van der Waals surface area contributed by atoms with Crippen molar-refractivity contribution >= 4 is 18.3 Å². The van der Waals surface area contributed by atoms with Crippen LogP contribution in [0.25, 0.3) is 0 Å². The highest BCUT2D eigenvalue weighted by Crippen LogP contribution is 2.23. The SMILES string of the molecule is C[C@H]1OCCN[C@@H]1C(=O)N1CCOC(c2ccccc2)C1.Cl. The van der Waals surface area contributed by atoms with Gasteiger partial charge in [0.05, 0.1) is 25.9 Å². The summed E-state index contributed by atoms with van der Waals surface area (Å²) in [7, 11) is 0. The second-order valence-corrected chi connectivity index (χ2v) is 5.56. The van der Waals surface area contributed by atoms with Crippen molar-refractivity contribution < 1.29 is 14.3 Å². The molecule has 6 heteroatoms. The summed E-state index contributed by atoms with van der Waals surface area (Å²) in [5.41, 5.74) is 1.12. The second kappa shape index (κ2) is 7.92. The summed E-state index contributed by atoms with van der Waals surface area (Å²) >= 11 is 0. The molecule has 5 nitrogen and oxygen atoms in total. The first kappa shape index (κ1) is 17.2. The third-order valence-corrected chi connectivity index (χ3v) is 4.13. The van der Waals surface area contributed by atoms with Gasteiger partial charge < -0.3 is 19.7 Å². The molecule has 2 fully saturated rings. The Morgan fingerprint density at radius 3 is 2.73 bits per heavy atom. The van der Waals surface area contributed by atoms with Crippen LogP contribution >= 0.6 is 12.4 Å². The number of hydrogen-bond acceptors (Lipinski definition) is 4. The standard InChI is InChI=1S/C16H22N2O3.ClH/c1-12-15(17-7-9-20-12)16(19)18-8-10-21-14(11-18)13-5-3-2-4-6-13;/h2-6,12,14-15,17H,7-11H2,1H3;1H/t12-,14?,15+;/m1./s1. The van der Waals surface area contributed by atoms with E-state index in [4.69, 9.17) is 9.47 Å². The molecule has 3 atom stereocenters. The molecule has 3 rings (SSSR count). The van der Waals surface area contributed by atoms with Crippen LogP contribution < -0.4 is 5.32 Å². The number of benzene rings is 1. The predicted molar refractivity (Wildman–Crippen MR) is 86.2 cm³/mol. The van der Waals surface area contributed by atoms with Crippen LogP contribution in [0, 0.1) is 0 Å². The minimum absolute atomic E-state index is 0. The molecule has 0 saturated carbocycles. The quantitative estimate of drug-likeness (QED) is 0.892. The molecule has 0 bridgehead atoms. The fourth-order valence-electron chi connectivity index (χ4n) is 2.93.